The third kappa shape index (κ3) is 3.31. The number of rotatable bonds is 3. The van der Waals surface area contributed by atoms with E-state index in [2.05, 4.69) is 0 Å². The highest BCUT2D eigenvalue weighted by Crippen LogP contribution is 2.14. The van der Waals surface area contributed by atoms with Crippen LogP contribution < -0.4 is 4.74 Å². The zero-order chi connectivity index (χ0) is 12.1. The average molecular weight is 237 g/mol. The maximum Gasteiger partial charge on any atom is 0.310 e. The van der Waals surface area contributed by atoms with E-state index < -0.39 is 0 Å². The van der Waals surface area contributed by atoms with Crippen molar-refractivity contribution >= 4 is 23.2 Å². The van der Waals surface area contributed by atoms with Gasteiger partial charge in [-0.15, -0.1) is 0 Å². The van der Waals surface area contributed by atoms with Gasteiger partial charge in [-0.3, -0.25) is 4.79 Å². The van der Waals surface area contributed by atoms with Crippen LogP contribution in [0.5, 0.6) is 5.75 Å². The lowest BCUT2D eigenvalue weighted by Gasteiger charge is -2.13. The molecule has 4 heteroatoms. The molecular weight excluding hydrogens is 222 g/mol. The SMILES string of the molecule is CCC(=O)Oc1ccc(C(=S)N(C)C)cc1. The number of benzene rings is 1. The number of ether oxygens (including phenoxy) is 1. The summed E-state index contributed by atoms with van der Waals surface area (Å²) in [6.45, 7) is 1.76. The summed E-state index contributed by atoms with van der Waals surface area (Å²) in [6.07, 6.45) is 0.373. The lowest BCUT2D eigenvalue weighted by molar-refractivity contribution is -0.134. The largest absolute Gasteiger partial charge is 0.427 e. The molecule has 0 N–H and O–H groups in total. The van der Waals surface area contributed by atoms with Gasteiger partial charge in [0, 0.05) is 26.1 Å². The van der Waals surface area contributed by atoms with Crippen molar-refractivity contribution in [1.29, 1.82) is 0 Å². The fraction of sp³-hybridized carbons (Fsp3) is 0.333. The number of hydrogen-bond donors (Lipinski definition) is 0. The molecule has 0 fully saturated rings. The average Bonchev–Trinajstić information content (AvgIpc) is 2.28. The maximum absolute atomic E-state index is 11.1. The van der Waals surface area contributed by atoms with Crippen LogP contribution >= 0.6 is 12.2 Å². The number of thiocarbonyl (C=S) groups is 1. The van der Waals surface area contributed by atoms with Crippen molar-refractivity contribution in [3.05, 3.63) is 29.8 Å². The lowest BCUT2D eigenvalue weighted by Crippen LogP contribution is -2.20. The molecule has 16 heavy (non-hydrogen) atoms. The molecule has 0 heterocycles. The minimum atomic E-state index is -0.233. The molecule has 1 rings (SSSR count). The molecule has 0 aliphatic heterocycles. The molecule has 0 saturated carbocycles. The van der Waals surface area contributed by atoms with Crippen LogP contribution in [0.25, 0.3) is 0 Å². The zero-order valence-corrected chi connectivity index (χ0v) is 10.5. The van der Waals surface area contributed by atoms with Crippen molar-refractivity contribution in [1.82, 2.24) is 4.90 Å². The van der Waals surface area contributed by atoms with Gasteiger partial charge in [-0.25, -0.2) is 0 Å². The quantitative estimate of drug-likeness (QED) is 0.458. The van der Waals surface area contributed by atoms with E-state index in [0.29, 0.717) is 12.2 Å². The topological polar surface area (TPSA) is 29.5 Å². The smallest absolute Gasteiger partial charge is 0.310 e. The molecule has 0 saturated heterocycles. The summed E-state index contributed by atoms with van der Waals surface area (Å²) in [5.74, 6) is 0.320. The summed E-state index contributed by atoms with van der Waals surface area (Å²) in [5, 5.41) is 0. The number of hydrogen-bond acceptors (Lipinski definition) is 3. The number of esters is 1. The Balaban J connectivity index is 2.75. The standard InChI is InChI=1S/C12H15NO2S/c1-4-11(14)15-10-7-5-9(6-8-10)12(16)13(2)3/h5-8H,4H2,1-3H3. The van der Waals surface area contributed by atoms with E-state index in [9.17, 15) is 4.79 Å². The van der Waals surface area contributed by atoms with Crippen molar-refractivity contribution in [3.63, 3.8) is 0 Å². The van der Waals surface area contributed by atoms with Gasteiger partial charge in [0.1, 0.15) is 10.7 Å². The van der Waals surface area contributed by atoms with Gasteiger partial charge in [-0.1, -0.05) is 19.1 Å². The Morgan fingerprint density at radius 3 is 2.31 bits per heavy atom. The van der Waals surface area contributed by atoms with Crippen LogP contribution in [0.15, 0.2) is 24.3 Å². The van der Waals surface area contributed by atoms with E-state index in [1.807, 2.05) is 31.1 Å². The first-order chi connectivity index (χ1) is 7.54. The number of nitrogens with zero attached hydrogens (tertiary/aromatic N) is 1. The normalized spacial score (nSPS) is 9.69. The molecule has 3 nitrogen and oxygen atoms in total. The first-order valence-electron chi connectivity index (χ1n) is 5.07. The Hall–Kier alpha value is -1.42. The Morgan fingerprint density at radius 1 is 1.31 bits per heavy atom. The van der Waals surface area contributed by atoms with E-state index in [4.69, 9.17) is 17.0 Å². The van der Waals surface area contributed by atoms with Gasteiger partial charge in [-0.2, -0.15) is 0 Å². The molecule has 0 bridgehead atoms. The van der Waals surface area contributed by atoms with Crippen molar-refractivity contribution < 1.29 is 9.53 Å². The van der Waals surface area contributed by atoms with Gasteiger partial charge in [-0.05, 0) is 24.3 Å². The van der Waals surface area contributed by atoms with Gasteiger partial charge in [0.2, 0.25) is 0 Å². The highest BCUT2D eigenvalue weighted by molar-refractivity contribution is 7.80. The van der Waals surface area contributed by atoms with Gasteiger partial charge in [0.15, 0.2) is 0 Å². The van der Waals surface area contributed by atoms with Crippen LogP contribution in [-0.2, 0) is 4.79 Å². The molecule has 86 valence electrons. The summed E-state index contributed by atoms with van der Waals surface area (Å²) in [7, 11) is 3.79. The molecule has 0 radical (unpaired) electrons. The molecular formula is C12H15NO2S. The first kappa shape index (κ1) is 12.6. The minimum Gasteiger partial charge on any atom is -0.427 e. The summed E-state index contributed by atoms with van der Waals surface area (Å²) in [6, 6.07) is 7.19. The van der Waals surface area contributed by atoms with E-state index in [0.717, 1.165) is 10.6 Å². The number of carbonyl (C=O) groups excluding carboxylic acids is 1. The fourth-order valence-corrected chi connectivity index (χ4v) is 1.26. The van der Waals surface area contributed by atoms with Crippen molar-refractivity contribution in [2.75, 3.05) is 14.1 Å². The van der Waals surface area contributed by atoms with Crippen molar-refractivity contribution in [2.24, 2.45) is 0 Å². The van der Waals surface area contributed by atoms with Crippen LogP contribution in [0, 0.1) is 0 Å². The second kappa shape index (κ2) is 5.61. The summed E-state index contributed by atoms with van der Waals surface area (Å²) >= 11 is 5.22. The summed E-state index contributed by atoms with van der Waals surface area (Å²) in [4.78, 5) is 13.7. The molecule has 1 aromatic carbocycles. The molecule has 0 aliphatic carbocycles. The molecule has 0 atom stereocenters. The number of carbonyl (C=O) groups is 1. The zero-order valence-electron chi connectivity index (χ0n) is 9.69. The highest BCUT2D eigenvalue weighted by atomic mass is 32.1. The van der Waals surface area contributed by atoms with Crippen molar-refractivity contribution in [2.45, 2.75) is 13.3 Å². The lowest BCUT2D eigenvalue weighted by atomic mass is 10.2. The van der Waals surface area contributed by atoms with E-state index in [-0.39, 0.29) is 5.97 Å². The predicted molar refractivity (Wildman–Crippen MR) is 67.8 cm³/mol. The maximum atomic E-state index is 11.1. The molecule has 0 aliphatic rings. The predicted octanol–water partition coefficient (Wildman–Crippen LogP) is 2.24. The Kier molecular flexibility index (Phi) is 4.43. The van der Waals surface area contributed by atoms with Crippen LogP contribution in [0.2, 0.25) is 0 Å². The monoisotopic (exact) mass is 237 g/mol. The second-order valence-corrected chi connectivity index (χ2v) is 3.94. The van der Waals surface area contributed by atoms with E-state index >= 15 is 0 Å². The summed E-state index contributed by atoms with van der Waals surface area (Å²) < 4.78 is 5.06. The van der Waals surface area contributed by atoms with Crippen LogP contribution in [0.4, 0.5) is 0 Å². The summed E-state index contributed by atoms with van der Waals surface area (Å²) in [5.41, 5.74) is 0.941. The van der Waals surface area contributed by atoms with Gasteiger partial charge < -0.3 is 9.64 Å². The van der Waals surface area contributed by atoms with Gasteiger partial charge in [0.05, 0.1) is 0 Å². The fourth-order valence-electron chi connectivity index (χ4n) is 1.13. The van der Waals surface area contributed by atoms with E-state index in [1.165, 1.54) is 0 Å². The molecule has 0 amide bonds. The first-order valence-corrected chi connectivity index (χ1v) is 5.47. The van der Waals surface area contributed by atoms with Crippen LogP contribution in [0.3, 0.4) is 0 Å². The third-order valence-corrected chi connectivity index (χ3v) is 2.63. The molecule has 0 spiro atoms. The Labute approximate surface area is 101 Å². The molecule has 1 aromatic rings. The second-order valence-electron chi connectivity index (χ2n) is 3.55. The third-order valence-electron chi connectivity index (χ3n) is 2.03. The van der Waals surface area contributed by atoms with Gasteiger partial charge >= 0.3 is 5.97 Å². The molecule has 0 unspecified atom stereocenters. The van der Waals surface area contributed by atoms with Crippen LogP contribution in [0.1, 0.15) is 18.9 Å². The minimum absolute atomic E-state index is 0.233. The van der Waals surface area contributed by atoms with Crippen LogP contribution in [-0.4, -0.2) is 30.0 Å². The Morgan fingerprint density at radius 2 is 1.88 bits per heavy atom. The van der Waals surface area contributed by atoms with E-state index in [1.54, 1.807) is 19.1 Å². The Bertz CT molecular complexity index is 385. The molecule has 0 aromatic heterocycles. The van der Waals surface area contributed by atoms with Crippen molar-refractivity contribution in [3.8, 4) is 5.75 Å². The van der Waals surface area contributed by atoms with Gasteiger partial charge in [0.25, 0.3) is 0 Å². The highest BCUT2D eigenvalue weighted by Gasteiger charge is 2.05.